The van der Waals surface area contributed by atoms with Gasteiger partial charge in [0, 0.05) is 19.3 Å². The van der Waals surface area contributed by atoms with Crippen LogP contribution in [0.4, 0.5) is 0 Å². The third-order valence-corrected chi connectivity index (χ3v) is 3.72. The Morgan fingerprint density at radius 2 is 2.15 bits per heavy atom. The molecule has 0 saturated carbocycles. The summed E-state index contributed by atoms with van der Waals surface area (Å²) in [7, 11) is 0. The van der Waals surface area contributed by atoms with E-state index in [9.17, 15) is 4.79 Å². The fourth-order valence-corrected chi connectivity index (χ4v) is 2.55. The van der Waals surface area contributed by atoms with E-state index in [1.165, 1.54) is 0 Å². The Morgan fingerprint density at radius 3 is 2.85 bits per heavy atom. The van der Waals surface area contributed by atoms with Crippen molar-refractivity contribution in [3.8, 4) is 11.5 Å². The lowest BCUT2D eigenvalue weighted by Crippen LogP contribution is -2.31. The van der Waals surface area contributed by atoms with Crippen LogP contribution >= 0.6 is 12.2 Å². The highest BCUT2D eigenvalue weighted by Crippen LogP contribution is 2.15. The van der Waals surface area contributed by atoms with Crippen LogP contribution in [0.3, 0.4) is 0 Å². The van der Waals surface area contributed by atoms with E-state index in [0.29, 0.717) is 16.3 Å². The van der Waals surface area contributed by atoms with Gasteiger partial charge >= 0.3 is 0 Å². The van der Waals surface area contributed by atoms with Gasteiger partial charge in [0.25, 0.3) is 0 Å². The van der Waals surface area contributed by atoms with Crippen LogP contribution in [0.2, 0.25) is 0 Å². The van der Waals surface area contributed by atoms with Gasteiger partial charge in [0.05, 0.1) is 0 Å². The van der Waals surface area contributed by atoms with Crippen LogP contribution in [0.5, 0.6) is 0 Å². The van der Waals surface area contributed by atoms with Gasteiger partial charge in [0.2, 0.25) is 5.91 Å². The molecule has 2 aromatic rings. The van der Waals surface area contributed by atoms with Crippen molar-refractivity contribution < 1.29 is 4.79 Å². The zero-order valence-corrected chi connectivity index (χ0v) is 11.8. The molecule has 0 radical (unpaired) electrons. The van der Waals surface area contributed by atoms with Crippen LogP contribution in [-0.4, -0.2) is 43.6 Å². The lowest BCUT2D eigenvalue weighted by atomic mass is 10.3. The van der Waals surface area contributed by atoms with Gasteiger partial charge in [-0.25, -0.2) is 0 Å². The second-order valence-corrected chi connectivity index (χ2v) is 5.13. The number of aromatic amines is 1. The summed E-state index contributed by atoms with van der Waals surface area (Å²) in [4.78, 5) is 18.4. The third-order valence-electron chi connectivity index (χ3n) is 3.40. The number of aromatic nitrogens is 4. The summed E-state index contributed by atoms with van der Waals surface area (Å²) in [5.74, 6) is 0.681. The predicted octanol–water partition coefficient (Wildman–Crippen LogP) is 1.63. The van der Waals surface area contributed by atoms with Crippen molar-refractivity contribution in [1.29, 1.82) is 0 Å². The van der Waals surface area contributed by atoms with Gasteiger partial charge in [-0.15, -0.1) is 0 Å². The Balaban J connectivity index is 1.88. The first-order chi connectivity index (χ1) is 9.75. The maximum atomic E-state index is 12.2. The Labute approximate surface area is 121 Å². The van der Waals surface area contributed by atoms with Crippen molar-refractivity contribution in [2.24, 2.45) is 0 Å². The van der Waals surface area contributed by atoms with Crippen molar-refractivity contribution >= 4 is 18.1 Å². The maximum Gasteiger partial charge on any atom is 0.242 e. The average Bonchev–Trinajstić information content (AvgIpc) is 3.11. The van der Waals surface area contributed by atoms with Gasteiger partial charge in [0.1, 0.15) is 12.2 Å². The highest BCUT2D eigenvalue weighted by Gasteiger charge is 2.20. The van der Waals surface area contributed by atoms with Crippen LogP contribution in [0, 0.1) is 4.77 Å². The molecule has 6 nitrogen and oxygen atoms in total. The van der Waals surface area contributed by atoms with Crippen molar-refractivity contribution in [2.75, 3.05) is 13.1 Å². The number of hydrogen-bond acceptors (Lipinski definition) is 4. The molecule has 0 spiro atoms. The smallest absolute Gasteiger partial charge is 0.242 e. The van der Waals surface area contributed by atoms with E-state index in [2.05, 4.69) is 15.2 Å². The molecule has 0 unspecified atom stereocenters. The number of nitrogens with zero attached hydrogens (tertiary/aromatic N) is 4. The number of carbonyl (C=O) groups is 1. The van der Waals surface area contributed by atoms with E-state index >= 15 is 0 Å². The summed E-state index contributed by atoms with van der Waals surface area (Å²) in [5.41, 5.74) is 0.703. The molecule has 2 aromatic heterocycles. The number of likely N-dealkylation sites (tertiary alicyclic amines) is 1. The lowest BCUT2D eigenvalue weighted by molar-refractivity contribution is -0.130. The molecule has 0 aromatic carbocycles. The minimum atomic E-state index is 0.0807. The molecule has 0 aliphatic carbocycles. The van der Waals surface area contributed by atoms with E-state index in [4.69, 9.17) is 12.2 Å². The monoisotopic (exact) mass is 289 g/mol. The minimum absolute atomic E-state index is 0.0807. The van der Waals surface area contributed by atoms with Crippen molar-refractivity contribution in [3.63, 3.8) is 0 Å². The molecule has 1 fully saturated rings. The fourth-order valence-electron chi connectivity index (χ4n) is 2.36. The zero-order valence-electron chi connectivity index (χ0n) is 11.0. The first-order valence-electron chi connectivity index (χ1n) is 6.60. The van der Waals surface area contributed by atoms with E-state index < -0.39 is 0 Å². The van der Waals surface area contributed by atoms with Crippen LogP contribution in [0.1, 0.15) is 12.8 Å². The summed E-state index contributed by atoms with van der Waals surface area (Å²) in [6.45, 7) is 1.88. The second kappa shape index (κ2) is 5.54. The number of carbonyl (C=O) groups excluding carboxylic acids is 1. The fraction of sp³-hybridized carbons (Fsp3) is 0.385. The molecule has 0 bridgehead atoms. The molecule has 3 heterocycles. The normalized spacial score (nSPS) is 14.7. The topological polar surface area (TPSA) is 66.8 Å². The van der Waals surface area contributed by atoms with Crippen LogP contribution in [-0.2, 0) is 11.3 Å². The number of H-pyrrole nitrogens is 1. The van der Waals surface area contributed by atoms with E-state index in [-0.39, 0.29) is 12.5 Å². The summed E-state index contributed by atoms with van der Waals surface area (Å²) in [6, 6.07) is 5.57. The van der Waals surface area contributed by atoms with Crippen molar-refractivity contribution in [2.45, 2.75) is 19.4 Å². The number of rotatable bonds is 3. The van der Waals surface area contributed by atoms with Gasteiger partial charge in [-0.2, -0.15) is 5.10 Å². The number of pyridine rings is 1. The molecular formula is C13H15N5OS. The maximum absolute atomic E-state index is 12.2. The van der Waals surface area contributed by atoms with Crippen LogP contribution < -0.4 is 0 Å². The highest BCUT2D eigenvalue weighted by atomic mass is 32.1. The summed E-state index contributed by atoms with van der Waals surface area (Å²) in [5, 5.41) is 6.91. The molecule has 3 rings (SSSR count). The molecule has 1 saturated heterocycles. The van der Waals surface area contributed by atoms with E-state index in [1.54, 1.807) is 10.8 Å². The molecule has 1 N–H and O–H groups in total. The second-order valence-electron chi connectivity index (χ2n) is 4.74. The van der Waals surface area contributed by atoms with Gasteiger partial charge in [-0.1, -0.05) is 6.07 Å². The van der Waals surface area contributed by atoms with Gasteiger partial charge in [-0.3, -0.25) is 19.4 Å². The Bertz CT molecular complexity index is 657. The first-order valence-corrected chi connectivity index (χ1v) is 7.01. The average molecular weight is 289 g/mol. The zero-order chi connectivity index (χ0) is 13.9. The number of amides is 1. The molecule has 104 valence electrons. The molecular weight excluding hydrogens is 274 g/mol. The summed E-state index contributed by atoms with van der Waals surface area (Å²) < 4.78 is 2.15. The number of hydrogen-bond donors (Lipinski definition) is 1. The summed E-state index contributed by atoms with van der Waals surface area (Å²) >= 11 is 5.21. The standard InChI is InChI=1S/C13H15N5OS/c19-11(17-7-3-4-8-17)9-18-12(15-16-13(18)20)10-5-1-2-6-14-10/h1-2,5-6H,3-4,7-9H2,(H,16,20). The van der Waals surface area contributed by atoms with Gasteiger partial charge in [0.15, 0.2) is 10.6 Å². The van der Waals surface area contributed by atoms with Gasteiger partial charge < -0.3 is 4.90 Å². The summed E-state index contributed by atoms with van der Waals surface area (Å²) in [6.07, 6.45) is 3.85. The van der Waals surface area contributed by atoms with E-state index in [1.807, 2.05) is 23.1 Å². The third kappa shape index (κ3) is 2.49. The quantitative estimate of drug-likeness (QED) is 0.872. The SMILES string of the molecule is O=C(Cn1c(-c2ccccn2)n[nH]c1=S)N1CCCC1. The van der Waals surface area contributed by atoms with Gasteiger partial charge in [-0.05, 0) is 37.2 Å². The van der Waals surface area contributed by atoms with Crippen molar-refractivity contribution in [1.82, 2.24) is 24.6 Å². The van der Waals surface area contributed by atoms with Crippen LogP contribution in [0.25, 0.3) is 11.5 Å². The Hall–Kier alpha value is -2.02. The minimum Gasteiger partial charge on any atom is -0.341 e. The molecule has 7 heteroatoms. The highest BCUT2D eigenvalue weighted by molar-refractivity contribution is 7.71. The molecule has 0 atom stereocenters. The lowest BCUT2D eigenvalue weighted by Gasteiger charge is -2.15. The van der Waals surface area contributed by atoms with E-state index in [0.717, 1.165) is 25.9 Å². The number of nitrogens with one attached hydrogen (secondary N) is 1. The largest absolute Gasteiger partial charge is 0.341 e. The first kappa shape index (κ1) is 13.0. The molecule has 20 heavy (non-hydrogen) atoms. The molecule has 1 amide bonds. The van der Waals surface area contributed by atoms with Crippen molar-refractivity contribution in [3.05, 3.63) is 29.2 Å². The Morgan fingerprint density at radius 1 is 1.35 bits per heavy atom. The molecule has 1 aliphatic heterocycles. The predicted molar refractivity (Wildman–Crippen MR) is 76.5 cm³/mol. The Kier molecular flexibility index (Phi) is 3.60. The molecule has 1 aliphatic rings. The van der Waals surface area contributed by atoms with Crippen LogP contribution in [0.15, 0.2) is 24.4 Å².